The van der Waals surface area contributed by atoms with Crippen LogP contribution in [0, 0.1) is 11.3 Å². The molecule has 1 aromatic rings. The minimum Gasteiger partial charge on any atom is -0.462 e. The second kappa shape index (κ2) is 7.10. The fourth-order valence-corrected chi connectivity index (χ4v) is 1.91. The molecule has 1 aromatic carbocycles. The van der Waals surface area contributed by atoms with E-state index in [-0.39, 0.29) is 12.2 Å². The number of esters is 1. The van der Waals surface area contributed by atoms with Crippen LogP contribution in [0.5, 0.6) is 0 Å². The largest absolute Gasteiger partial charge is 0.462 e. The maximum absolute atomic E-state index is 11.5. The summed E-state index contributed by atoms with van der Waals surface area (Å²) in [5, 5.41) is 11.9. The summed E-state index contributed by atoms with van der Waals surface area (Å²) in [6.45, 7) is 3.33. The molecular weight excluding hydrogens is 268 g/mol. The molecule has 21 heavy (non-hydrogen) atoms. The van der Waals surface area contributed by atoms with E-state index >= 15 is 0 Å². The minimum atomic E-state index is -0.641. The van der Waals surface area contributed by atoms with Gasteiger partial charge in [-0.15, -0.1) is 0 Å². The molecule has 0 unspecified atom stereocenters. The smallest absolute Gasteiger partial charge is 0.350 e. The number of carbonyl (C=O) groups excluding carboxylic acids is 1. The predicted octanol–water partition coefficient (Wildman–Crippen LogP) is 1.42. The van der Waals surface area contributed by atoms with E-state index in [0.29, 0.717) is 12.5 Å². The van der Waals surface area contributed by atoms with Gasteiger partial charge in [0, 0.05) is 18.4 Å². The van der Waals surface area contributed by atoms with Crippen molar-refractivity contribution in [1.29, 1.82) is 5.26 Å². The van der Waals surface area contributed by atoms with Crippen molar-refractivity contribution in [3.05, 3.63) is 42.1 Å². The Labute approximate surface area is 123 Å². The molecule has 0 aliphatic carbocycles. The van der Waals surface area contributed by atoms with Crippen molar-refractivity contribution < 1.29 is 9.53 Å². The van der Waals surface area contributed by atoms with Crippen LogP contribution in [0.2, 0.25) is 0 Å². The summed E-state index contributed by atoms with van der Waals surface area (Å²) in [6, 6.07) is 11.6. The molecule has 0 spiro atoms. The van der Waals surface area contributed by atoms with E-state index in [1.165, 1.54) is 6.20 Å². The van der Waals surface area contributed by atoms with Crippen LogP contribution in [0.3, 0.4) is 0 Å². The van der Waals surface area contributed by atoms with Crippen molar-refractivity contribution in [3.8, 4) is 6.07 Å². The number of anilines is 1. The molecule has 2 rings (SSSR count). The number of nitriles is 1. The Morgan fingerprint density at radius 2 is 2.29 bits per heavy atom. The molecule has 0 saturated carbocycles. The predicted molar refractivity (Wildman–Crippen MR) is 79.6 cm³/mol. The first-order chi connectivity index (χ1) is 10.3. The summed E-state index contributed by atoms with van der Waals surface area (Å²) in [6.07, 6.45) is 1.33. The van der Waals surface area contributed by atoms with Crippen LogP contribution in [-0.4, -0.2) is 31.6 Å². The number of rotatable bonds is 4. The van der Waals surface area contributed by atoms with Crippen LogP contribution in [0.15, 0.2) is 47.1 Å². The fraction of sp³-hybridized carbons (Fsp3) is 0.267. The molecule has 108 valence electrons. The maximum atomic E-state index is 11.5. The molecule has 0 aromatic heterocycles. The van der Waals surface area contributed by atoms with Crippen molar-refractivity contribution in [2.75, 3.05) is 24.6 Å². The van der Waals surface area contributed by atoms with Gasteiger partial charge in [-0.1, -0.05) is 18.2 Å². The maximum Gasteiger partial charge on any atom is 0.350 e. The monoisotopic (exact) mass is 284 g/mol. The van der Waals surface area contributed by atoms with Crippen LogP contribution < -0.4 is 10.2 Å². The summed E-state index contributed by atoms with van der Waals surface area (Å²) in [5.41, 5.74) is 0.920. The number of nitrogens with zero attached hydrogens (tertiary/aromatic N) is 3. The van der Waals surface area contributed by atoms with E-state index in [9.17, 15) is 4.79 Å². The van der Waals surface area contributed by atoms with Crippen molar-refractivity contribution in [1.82, 2.24) is 5.32 Å². The highest BCUT2D eigenvalue weighted by Gasteiger charge is 2.18. The van der Waals surface area contributed by atoms with E-state index in [1.807, 2.05) is 41.3 Å². The SMILES string of the molecule is CCOC(=O)/C(C#N)=C/NC1=NCCN1c1ccccc1. The Morgan fingerprint density at radius 3 is 2.95 bits per heavy atom. The average molecular weight is 284 g/mol. The topological polar surface area (TPSA) is 77.7 Å². The van der Waals surface area contributed by atoms with Crippen LogP contribution in [0.25, 0.3) is 0 Å². The summed E-state index contributed by atoms with van der Waals surface area (Å²) >= 11 is 0. The Hall–Kier alpha value is -2.81. The van der Waals surface area contributed by atoms with Gasteiger partial charge in [0.15, 0.2) is 5.57 Å². The molecule has 1 aliphatic heterocycles. The third kappa shape index (κ3) is 3.60. The van der Waals surface area contributed by atoms with Crippen LogP contribution in [0.4, 0.5) is 5.69 Å². The first-order valence-corrected chi connectivity index (χ1v) is 6.67. The highest BCUT2D eigenvalue weighted by Crippen LogP contribution is 2.16. The molecule has 1 heterocycles. The van der Waals surface area contributed by atoms with Gasteiger partial charge in [-0.2, -0.15) is 5.26 Å². The van der Waals surface area contributed by atoms with Crippen LogP contribution >= 0.6 is 0 Å². The van der Waals surface area contributed by atoms with Gasteiger partial charge in [-0.25, -0.2) is 4.79 Å². The lowest BCUT2D eigenvalue weighted by Gasteiger charge is -2.19. The number of nitrogens with one attached hydrogen (secondary N) is 1. The number of benzene rings is 1. The first-order valence-electron chi connectivity index (χ1n) is 6.67. The molecule has 0 radical (unpaired) electrons. The lowest BCUT2D eigenvalue weighted by Crippen LogP contribution is -2.36. The lowest BCUT2D eigenvalue weighted by molar-refractivity contribution is -0.138. The van der Waals surface area contributed by atoms with Gasteiger partial charge in [0.05, 0.1) is 13.2 Å². The van der Waals surface area contributed by atoms with E-state index in [4.69, 9.17) is 10.00 Å². The first kappa shape index (κ1) is 14.6. The third-order valence-electron chi connectivity index (χ3n) is 2.87. The quantitative estimate of drug-likeness (QED) is 0.514. The number of hydrogen-bond acceptors (Lipinski definition) is 6. The molecule has 0 atom stereocenters. The van der Waals surface area contributed by atoms with Gasteiger partial charge in [0.1, 0.15) is 6.07 Å². The zero-order valence-electron chi connectivity index (χ0n) is 11.7. The molecule has 6 heteroatoms. The second-order valence-corrected chi connectivity index (χ2v) is 4.23. The van der Waals surface area contributed by atoms with Crippen molar-refractivity contribution in [2.24, 2.45) is 4.99 Å². The van der Waals surface area contributed by atoms with Gasteiger partial charge < -0.3 is 15.0 Å². The molecular formula is C15H16N4O2. The minimum absolute atomic E-state index is 0.0838. The molecule has 0 amide bonds. The fourth-order valence-electron chi connectivity index (χ4n) is 1.91. The molecule has 6 nitrogen and oxygen atoms in total. The normalized spacial score (nSPS) is 14.4. The number of guanidine groups is 1. The Kier molecular flexibility index (Phi) is 4.94. The lowest BCUT2D eigenvalue weighted by atomic mass is 10.3. The summed E-state index contributed by atoms with van der Waals surface area (Å²) < 4.78 is 4.80. The highest BCUT2D eigenvalue weighted by atomic mass is 16.5. The van der Waals surface area contributed by atoms with E-state index in [1.54, 1.807) is 6.92 Å². The Morgan fingerprint density at radius 1 is 1.52 bits per heavy atom. The van der Waals surface area contributed by atoms with Crippen LogP contribution in [0.1, 0.15) is 6.92 Å². The third-order valence-corrected chi connectivity index (χ3v) is 2.87. The van der Waals surface area contributed by atoms with Crippen molar-refractivity contribution in [2.45, 2.75) is 6.92 Å². The van der Waals surface area contributed by atoms with E-state index < -0.39 is 5.97 Å². The van der Waals surface area contributed by atoms with Crippen LogP contribution in [-0.2, 0) is 9.53 Å². The van der Waals surface area contributed by atoms with E-state index in [2.05, 4.69) is 10.3 Å². The molecule has 0 bridgehead atoms. The number of para-hydroxylation sites is 1. The zero-order valence-corrected chi connectivity index (χ0v) is 11.7. The molecule has 1 aliphatic rings. The number of aliphatic imine (C=N–C) groups is 1. The molecule has 1 N–H and O–H groups in total. The van der Waals surface area contributed by atoms with Gasteiger partial charge in [0.2, 0.25) is 5.96 Å². The Bertz CT molecular complexity index is 602. The summed E-state index contributed by atoms with van der Waals surface area (Å²) in [7, 11) is 0. The highest BCUT2D eigenvalue weighted by molar-refractivity contribution is 5.99. The number of carbonyl (C=O) groups is 1. The number of ether oxygens (including phenoxy) is 1. The van der Waals surface area contributed by atoms with Crippen molar-refractivity contribution in [3.63, 3.8) is 0 Å². The Balaban J connectivity index is 2.08. The molecule has 0 saturated heterocycles. The van der Waals surface area contributed by atoms with Crippen molar-refractivity contribution >= 4 is 17.6 Å². The van der Waals surface area contributed by atoms with E-state index in [0.717, 1.165) is 12.2 Å². The van der Waals surface area contributed by atoms with Gasteiger partial charge in [0.25, 0.3) is 0 Å². The molecule has 0 fully saturated rings. The van der Waals surface area contributed by atoms with Gasteiger partial charge in [-0.05, 0) is 19.1 Å². The summed E-state index contributed by atoms with van der Waals surface area (Å²) in [5.74, 6) is -0.0318. The van der Waals surface area contributed by atoms with Gasteiger partial charge >= 0.3 is 5.97 Å². The average Bonchev–Trinajstić information content (AvgIpc) is 2.97. The van der Waals surface area contributed by atoms with Gasteiger partial charge in [-0.3, -0.25) is 4.99 Å². The number of hydrogen-bond donors (Lipinski definition) is 1. The second-order valence-electron chi connectivity index (χ2n) is 4.23. The standard InChI is InChI=1S/C15H16N4O2/c1-2-21-14(20)12(10-16)11-18-15-17-8-9-19(15)13-6-4-3-5-7-13/h3-7,11H,2,8-9H2,1H3,(H,17,18)/b12-11+. The zero-order chi connectivity index (χ0) is 15.1. The summed E-state index contributed by atoms with van der Waals surface area (Å²) in [4.78, 5) is 17.8.